The highest BCUT2D eigenvalue weighted by molar-refractivity contribution is 7.99. The van der Waals surface area contributed by atoms with Crippen LogP contribution in [0, 0.1) is 23.7 Å². The van der Waals surface area contributed by atoms with Crippen molar-refractivity contribution in [2.75, 3.05) is 219 Å². The Labute approximate surface area is 522 Å². The molecule has 0 aliphatic carbocycles. The minimum absolute atomic E-state index is 0.00976. The van der Waals surface area contributed by atoms with Crippen LogP contribution >= 0.6 is 47.0 Å². The highest BCUT2D eigenvalue weighted by Gasteiger charge is 2.22. The van der Waals surface area contributed by atoms with Crippen molar-refractivity contribution in [3.63, 3.8) is 0 Å². The van der Waals surface area contributed by atoms with E-state index in [9.17, 15) is 43.2 Å². The van der Waals surface area contributed by atoms with Gasteiger partial charge in [-0.2, -0.15) is 47.0 Å². The number of nitrogens with zero attached hydrogens (tertiary/aromatic N) is 5. The summed E-state index contributed by atoms with van der Waals surface area (Å²) in [5.74, 6) is -2.05. The molecule has 0 spiro atoms. The predicted octanol–water partition coefficient (Wildman–Crippen LogP) is 3.38. The van der Waals surface area contributed by atoms with Gasteiger partial charge in [0.1, 0.15) is 59.5 Å². The van der Waals surface area contributed by atoms with Crippen molar-refractivity contribution >= 4 is 101 Å². The van der Waals surface area contributed by atoms with Crippen molar-refractivity contribution in [2.24, 2.45) is 23.7 Å². The molecule has 28 heteroatoms. The summed E-state index contributed by atoms with van der Waals surface area (Å²) >= 11 is 6.07. The van der Waals surface area contributed by atoms with Gasteiger partial charge >= 0.3 is 53.7 Å². The Morgan fingerprint density at radius 1 is 0.388 bits per heavy atom. The second-order valence-corrected chi connectivity index (χ2v) is 24.8. The van der Waals surface area contributed by atoms with Gasteiger partial charge in [-0.3, -0.25) is 43.2 Å². The molecule has 0 aromatic carbocycles. The van der Waals surface area contributed by atoms with Crippen molar-refractivity contribution in [1.29, 1.82) is 0 Å². The van der Waals surface area contributed by atoms with E-state index >= 15 is 0 Å². The van der Waals surface area contributed by atoms with E-state index in [1.165, 1.54) is 54.2 Å². The zero-order chi connectivity index (χ0) is 63.0. The summed E-state index contributed by atoms with van der Waals surface area (Å²) in [5.41, 5.74) is 0. The molecule has 0 radical (unpaired) electrons. The minimum Gasteiger partial charge on any atom is -0.463 e. The van der Waals surface area contributed by atoms with E-state index in [0.29, 0.717) is 60.7 Å². The molecule has 1 saturated heterocycles. The average molecular weight is 1290 g/mol. The summed E-state index contributed by atoms with van der Waals surface area (Å²) in [5, 5.41) is 0. The van der Waals surface area contributed by atoms with Gasteiger partial charge in [-0.25, -0.2) is 0 Å². The largest absolute Gasteiger partial charge is 0.463 e. The molecule has 1 aliphatic heterocycles. The zero-order valence-electron chi connectivity index (χ0n) is 52.2. The SMILES string of the molecule is COCCOC(=O)CCN(CCSCC(C)C(=O)OCCOC(=O)CCN1CCN(CCCN(C)C)CC1)CCC(=O)OCCOC(=O)C(C)CSCCN(CCC(=O)OCCOC(=O)C(C)CSC)CCC(=O)OCCOC(=O)C(C)CSC. The molecule has 0 aromatic heterocycles. The van der Waals surface area contributed by atoms with Crippen LogP contribution in [0.1, 0.15) is 66.2 Å². The van der Waals surface area contributed by atoms with Gasteiger partial charge in [-0.15, -0.1) is 0 Å². The maximum absolute atomic E-state index is 12.9. The summed E-state index contributed by atoms with van der Waals surface area (Å²) in [4.78, 5) is 123. The smallest absolute Gasteiger partial charge is 0.309 e. The number of carbonyl (C=O) groups is 9. The first kappa shape index (κ1) is 79.4. The molecule has 1 aliphatic rings. The lowest BCUT2D eigenvalue weighted by Crippen LogP contribution is -2.47. The number of hydrogen-bond acceptors (Lipinski definition) is 28. The molecule has 0 N–H and O–H groups in total. The predicted molar refractivity (Wildman–Crippen MR) is 331 cm³/mol. The number of hydrogen-bond donors (Lipinski definition) is 0. The number of rotatable bonds is 52. The van der Waals surface area contributed by atoms with Crippen molar-refractivity contribution in [2.45, 2.75) is 66.2 Å². The number of carbonyl (C=O) groups excluding carboxylic acids is 9. The molecule has 0 aromatic rings. The summed E-state index contributed by atoms with van der Waals surface area (Å²) in [6.45, 7) is 15.5. The van der Waals surface area contributed by atoms with Crippen LogP contribution < -0.4 is 0 Å². The van der Waals surface area contributed by atoms with E-state index in [2.05, 4.69) is 28.8 Å². The van der Waals surface area contributed by atoms with Crippen LogP contribution in [0.3, 0.4) is 0 Å². The monoisotopic (exact) mass is 1290 g/mol. The van der Waals surface area contributed by atoms with E-state index in [1.54, 1.807) is 27.7 Å². The first-order valence-corrected chi connectivity index (χ1v) is 34.5. The van der Waals surface area contributed by atoms with Crippen LogP contribution in [0.2, 0.25) is 0 Å². The molecule has 1 rings (SSSR count). The highest BCUT2D eigenvalue weighted by Crippen LogP contribution is 2.14. The van der Waals surface area contributed by atoms with Gasteiger partial charge in [-0.1, -0.05) is 27.7 Å². The Morgan fingerprint density at radius 2 is 0.682 bits per heavy atom. The van der Waals surface area contributed by atoms with E-state index in [0.717, 1.165) is 45.7 Å². The van der Waals surface area contributed by atoms with Gasteiger partial charge in [0.15, 0.2) is 0 Å². The molecule has 4 atom stereocenters. The van der Waals surface area contributed by atoms with Gasteiger partial charge in [0.25, 0.3) is 0 Å². The van der Waals surface area contributed by atoms with Crippen LogP contribution in [0.4, 0.5) is 0 Å². The van der Waals surface area contributed by atoms with Crippen LogP contribution in [0.25, 0.3) is 0 Å². The van der Waals surface area contributed by atoms with Gasteiger partial charge in [0.05, 0.1) is 62.4 Å². The van der Waals surface area contributed by atoms with Gasteiger partial charge in [0, 0.05) is 114 Å². The maximum atomic E-state index is 12.9. The van der Waals surface area contributed by atoms with E-state index in [4.69, 9.17) is 47.4 Å². The number of esters is 9. The second-order valence-electron chi connectivity index (χ2n) is 20.7. The molecule has 0 saturated carbocycles. The van der Waals surface area contributed by atoms with Gasteiger partial charge < -0.3 is 71.9 Å². The average Bonchev–Trinajstić information content (AvgIpc) is 3.54. The molecule has 1 fully saturated rings. The second kappa shape index (κ2) is 51.3. The maximum Gasteiger partial charge on any atom is 0.309 e. The van der Waals surface area contributed by atoms with Crippen molar-refractivity contribution in [3.8, 4) is 0 Å². The third-order valence-corrected chi connectivity index (χ3v) is 17.0. The minimum atomic E-state index is -0.511. The molecule has 492 valence electrons. The number of piperazine rings is 1. The molecule has 4 unspecified atom stereocenters. The Balaban J connectivity index is 2.51. The third-order valence-electron chi connectivity index (χ3n) is 12.9. The lowest BCUT2D eigenvalue weighted by atomic mass is 10.2. The van der Waals surface area contributed by atoms with Crippen LogP contribution in [0.5, 0.6) is 0 Å². The standard InChI is InChI=1S/C57H101N5O19S4/c1-45(41-82-8)54(68)78-35-31-74-50(64)13-20-61(21-14-51(65)75-32-36-79-55(69)46(2)42-83-9)28-40-85-44-47(3)56(70)80-37-33-76-52(66)12-19-60(18-11-49(63)73-30-29-72-7)27-39-84-43-48(4)57(71)81-38-34-77-53(67)15-22-62-25-23-59(24-26-62)17-10-16-58(5)6/h45-48H,10-44H2,1-9H3. The third kappa shape index (κ3) is 43.6. The molecular formula is C57H101N5O19S4. The molecule has 85 heavy (non-hydrogen) atoms. The number of ether oxygens (including phenoxy) is 10. The molecule has 0 amide bonds. The van der Waals surface area contributed by atoms with E-state index in [-0.39, 0.29) is 148 Å². The van der Waals surface area contributed by atoms with Gasteiger partial charge in [-0.05, 0) is 46.1 Å². The summed E-state index contributed by atoms with van der Waals surface area (Å²) in [6, 6.07) is 0. The Bertz CT molecular complexity index is 1840. The first-order chi connectivity index (χ1) is 40.8. The fourth-order valence-electron chi connectivity index (χ4n) is 7.80. The fourth-order valence-corrected chi connectivity index (χ4v) is 11.2. The van der Waals surface area contributed by atoms with Crippen molar-refractivity contribution < 1.29 is 90.5 Å². The topological polar surface area (TPSA) is 262 Å². The Morgan fingerprint density at radius 3 is 1.00 bits per heavy atom. The molecule has 24 nitrogen and oxygen atoms in total. The first-order valence-electron chi connectivity index (χ1n) is 29.4. The normalized spacial score (nSPS) is 14.3. The molecule has 0 bridgehead atoms. The summed E-state index contributed by atoms with van der Waals surface area (Å²) in [6.07, 6.45) is 5.33. The van der Waals surface area contributed by atoms with E-state index < -0.39 is 47.7 Å². The van der Waals surface area contributed by atoms with Crippen LogP contribution in [0.15, 0.2) is 0 Å². The quantitative estimate of drug-likeness (QED) is 0.0480. The van der Waals surface area contributed by atoms with Gasteiger partial charge in [0.2, 0.25) is 0 Å². The lowest BCUT2D eigenvalue weighted by Gasteiger charge is -2.34. The lowest BCUT2D eigenvalue weighted by molar-refractivity contribution is -0.154. The number of methoxy groups -OCH3 is 1. The Kier molecular flexibility index (Phi) is 47.9. The van der Waals surface area contributed by atoms with Crippen LogP contribution in [-0.2, 0) is 90.5 Å². The van der Waals surface area contributed by atoms with Crippen molar-refractivity contribution in [3.05, 3.63) is 0 Å². The van der Waals surface area contributed by atoms with Crippen LogP contribution in [-0.4, -0.2) is 298 Å². The highest BCUT2D eigenvalue weighted by atomic mass is 32.2. The molecule has 1 heterocycles. The summed E-state index contributed by atoms with van der Waals surface area (Å²) < 4.78 is 52.5. The number of thioether (sulfide) groups is 4. The van der Waals surface area contributed by atoms with Crippen molar-refractivity contribution in [1.82, 2.24) is 24.5 Å². The summed E-state index contributed by atoms with van der Waals surface area (Å²) in [7, 11) is 5.67. The molecular weight excluding hydrogens is 1190 g/mol. The fraction of sp³-hybridized carbons (Fsp3) is 0.842. The zero-order valence-corrected chi connectivity index (χ0v) is 55.4. The Hall–Kier alpha value is -3.61. The van der Waals surface area contributed by atoms with E-state index in [1.807, 2.05) is 22.3 Å².